The molecule has 0 aromatic carbocycles. The van der Waals surface area contributed by atoms with Crippen molar-refractivity contribution in [2.75, 3.05) is 33.7 Å². The monoisotopic (exact) mass is 315 g/mol. The van der Waals surface area contributed by atoms with E-state index in [1.807, 2.05) is 14.0 Å². The van der Waals surface area contributed by atoms with Crippen molar-refractivity contribution >= 4 is 10.0 Å². The Morgan fingerprint density at radius 3 is 2.76 bits per heavy atom. The number of aromatic nitrogens is 2. The molecule has 21 heavy (non-hydrogen) atoms. The third-order valence-corrected chi connectivity index (χ3v) is 6.02. The van der Waals surface area contributed by atoms with Crippen molar-refractivity contribution in [3.8, 4) is 0 Å². The number of nitrogens with one attached hydrogen (secondary N) is 2. The lowest BCUT2D eigenvalue weighted by Crippen LogP contribution is -2.53. The summed E-state index contributed by atoms with van der Waals surface area (Å²) in [5.74, 6) is 0. The molecule has 1 atom stereocenters. The van der Waals surface area contributed by atoms with Gasteiger partial charge in [0.05, 0.1) is 0 Å². The molecule has 1 aromatic heterocycles. The number of piperazine rings is 1. The first-order chi connectivity index (χ1) is 9.91. The molecular weight excluding hydrogens is 290 g/mol. The molecule has 1 saturated heterocycles. The second-order valence-electron chi connectivity index (χ2n) is 5.57. The maximum absolute atomic E-state index is 12.9. The Bertz CT molecular complexity index is 583. The molecule has 8 heteroatoms. The van der Waals surface area contributed by atoms with E-state index in [0.29, 0.717) is 19.6 Å². The van der Waals surface area contributed by atoms with Crippen LogP contribution in [0.15, 0.2) is 5.03 Å². The molecule has 7 nitrogen and oxygen atoms in total. The van der Waals surface area contributed by atoms with Crippen LogP contribution in [-0.4, -0.2) is 67.6 Å². The minimum Gasteiger partial charge on any atom is -0.316 e. The highest BCUT2D eigenvalue weighted by molar-refractivity contribution is 7.89. The number of likely N-dealkylation sites (N-methyl/N-ethyl adjacent to an activating group) is 1. The standard InChI is InChI=1S/C13H25N5O2S/c1-5-11-9-18(7-6-17(11)4)21(19,20)13-12(8-14-3)10(2)15-16-13/h11,14H,5-9H2,1-4H3,(H,15,16). The third-order valence-electron chi connectivity index (χ3n) is 4.18. The Hall–Kier alpha value is -0.960. The highest BCUT2D eigenvalue weighted by Crippen LogP contribution is 2.23. The minimum atomic E-state index is -3.54. The zero-order valence-corrected chi connectivity index (χ0v) is 14.0. The van der Waals surface area contributed by atoms with Gasteiger partial charge in [0, 0.05) is 43.5 Å². The molecule has 0 bridgehead atoms. The van der Waals surface area contributed by atoms with E-state index in [9.17, 15) is 8.42 Å². The predicted molar refractivity (Wildman–Crippen MR) is 81.6 cm³/mol. The quantitative estimate of drug-likeness (QED) is 0.808. The van der Waals surface area contributed by atoms with Gasteiger partial charge in [-0.15, -0.1) is 0 Å². The summed E-state index contributed by atoms with van der Waals surface area (Å²) in [6.07, 6.45) is 0.936. The molecular formula is C13H25N5O2S. The largest absolute Gasteiger partial charge is 0.316 e. The molecule has 0 amide bonds. The average molecular weight is 315 g/mol. The van der Waals surface area contributed by atoms with E-state index in [0.717, 1.165) is 24.2 Å². The number of aromatic amines is 1. The normalized spacial score (nSPS) is 21.8. The summed E-state index contributed by atoms with van der Waals surface area (Å²) in [7, 11) is 0.306. The molecule has 1 aliphatic heterocycles. The molecule has 0 aliphatic carbocycles. The van der Waals surface area contributed by atoms with Gasteiger partial charge >= 0.3 is 0 Å². The lowest BCUT2D eigenvalue weighted by molar-refractivity contribution is 0.144. The number of rotatable bonds is 5. The third kappa shape index (κ3) is 3.13. The number of aryl methyl sites for hydroxylation is 1. The van der Waals surface area contributed by atoms with Crippen LogP contribution in [0.25, 0.3) is 0 Å². The van der Waals surface area contributed by atoms with Gasteiger partial charge in [0.1, 0.15) is 0 Å². The molecule has 1 aromatic rings. The summed E-state index contributed by atoms with van der Waals surface area (Å²) in [6, 6.07) is 0.265. The van der Waals surface area contributed by atoms with Crippen molar-refractivity contribution in [1.82, 2.24) is 24.7 Å². The SMILES string of the molecule is CCC1CN(S(=O)(=O)c2n[nH]c(C)c2CNC)CCN1C. The summed E-state index contributed by atoms with van der Waals surface area (Å²) < 4.78 is 27.3. The molecule has 2 rings (SSSR count). The predicted octanol–water partition coefficient (Wildman–Crippen LogP) is 0.152. The maximum atomic E-state index is 12.9. The molecule has 2 N–H and O–H groups in total. The lowest BCUT2D eigenvalue weighted by atomic mass is 10.1. The molecule has 1 fully saturated rings. The lowest BCUT2D eigenvalue weighted by Gasteiger charge is -2.38. The smallest absolute Gasteiger partial charge is 0.262 e. The first-order valence-electron chi connectivity index (χ1n) is 7.30. The number of nitrogens with zero attached hydrogens (tertiary/aromatic N) is 3. The summed E-state index contributed by atoms with van der Waals surface area (Å²) in [5, 5.41) is 10.0. The topological polar surface area (TPSA) is 81.3 Å². The van der Waals surface area contributed by atoms with Crippen LogP contribution in [0.3, 0.4) is 0 Å². The molecule has 1 aliphatic rings. The maximum Gasteiger partial charge on any atom is 0.262 e. The Balaban J connectivity index is 2.30. The van der Waals surface area contributed by atoms with E-state index in [2.05, 4.69) is 27.3 Å². The van der Waals surface area contributed by atoms with Crippen LogP contribution in [0, 0.1) is 6.92 Å². The van der Waals surface area contributed by atoms with Gasteiger partial charge in [-0.2, -0.15) is 9.40 Å². The second kappa shape index (κ2) is 6.43. The summed E-state index contributed by atoms with van der Waals surface area (Å²) in [6.45, 7) is 6.21. The van der Waals surface area contributed by atoms with Crippen LogP contribution in [0.2, 0.25) is 0 Å². The molecule has 1 unspecified atom stereocenters. The molecule has 0 spiro atoms. The fourth-order valence-corrected chi connectivity index (χ4v) is 4.36. The summed E-state index contributed by atoms with van der Waals surface area (Å²) in [5.41, 5.74) is 1.52. The van der Waals surface area contributed by atoms with Crippen LogP contribution >= 0.6 is 0 Å². The van der Waals surface area contributed by atoms with Crippen LogP contribution < -0.4 is 5.32 Å². The molecule has 2 heterocycles. The summed E-state index contributed by atoms with van der Waals surface area (Å²) in [4.78, 5) is 2.22. The van der Waals surface area contributed by atoms with Crippen molar-refractivity contribution in [2.45, 2.75) is 37.9 Å². The zero-order chi connectivity index (χ0) is 15.6. The fourth-order valence-electron chi connectivity index (χ4n) is 2.73. The number of H-pyrrole nitrogens is 1. The van der Waals surface area contributed by atoms with E-state index in [1.165, 1.54) is 0 Å². The Morgan fingerprint density at radius 2 is 2.14 bits per heavy atom. The number of sulfonamides is 1. The molecule has 120 valence electrons. The Morgan fingerprint density at radius 1 is 1.43 bits per heavy atom. The van der Waals surface area contributed by atoms with Gasteiger partial charge in [-0.25, -0.2) is 8.42 Å². The van der Waals surface area contributed by atoms with Gasteiger partial charge in [-0.1, -0.05) is 6.92 Å². The highest BCUT2D eigenvalue weighted by atomic mass is 32.2. The second-order valence-corrected chi connectivity index (χ2v) is 7.42. The van der Waals surface area contributed by atoms with Crippen molar-refractivity contribution in [3.63, 3.8) is 0 Å². The van der Waals surface area contributed by atoms with Gasteiger partial charge < -0.3 is 10.2 Å². The minimum absolute atomic E-state index is 0.161. The van der Waals surface area contributed by atoms with Gasteiger partial charge in [0.15, 0.2) is 5.03 Å². The molecule has 0 saturated carbocycles. The van der Waals surface area contributed by atoms with Crippen molar-refractivity contribution in [3.05, 3.63) is 11.3 Å². The van der Waals surface area contributed by atoms with Crippen LogP contribution in [0.4, 0.5) is 0 Å². The van der Waals surface area contributed by atoms with Crippen LogP contribution in [0.5, 0.6) is 0 Å². The van der Waals surface area contributed by atoms with E-state index in [-0.39, 0.29) is 11.1 Å². The van der Waals surface area contributed by atoms with E-state index < -0.39 is 10.0 Å². The fraction of sp³-hybridized carbons (Fsp3) is 0.769. The van der Waals surface area contributed by atoms with Crippen molar-refractivity contribution in [2.24, 2.45) is 0 Å². The van der Waals surface area contributed by atoms with Crippen molar-refractivity contribution < 1.29 is 8.42 Å². The van der Waals surface area contributed by atoms with Crippen molar-refractivity contribution in [1.29, 1.82) is 0 Å². The highest BCUT2D eigenvalue weighted by Gasteiger charge is 2.35. The Kier molecular flexibility index (Phi) is 5.03. The Labute approximate surface area is 126 Å². The summed E-state index contributed by atoms with van der Waals surface area (Å²) >= 11 is 0. The number of hydrogen-bond acceptors (Lipinski definition) is 5. The van der Waals surface area contributed by atoms with E-state index in [1.54, 1.807) is 11.4 Å². The van der Waals surface area contributed by atoms with Crippen LogP contribution in [0.1, 0.15) is 24.6 Å². The number of hydrogen-bond donors (Lipinski definition) is 2. The van der Waals surface area contributed by atoms with Gasteiger partial charge in [0.2, 0.25) is 0 Å². The van der Waals surface area contributed by atoms with Gasteiger partial charge in [-0.05, 0) is 27.4 Å². The molecule has 0 radical (unpaired) electrons. The van der Waals surface area contributed by atoms with Crippen LogP contribution in [-0.2, 0) is 16.6 Å². The van der Waals surface area contributed by atoms with Gasteiger partial charge in [-0.3, -0.25) is 5.10 Å². The van der Waals surface area contributed by atoms with E-state index >= 15 is 0 Å². The average Bonchev–Trinajstić information content (AvgIpc) is 2.82. The van der Waals surface area contributed by atoms with E-state index in [4.69, 9.17) is 0 Å². The first-order valence-corrected chi connectivity index (χ1v) is 8.74. The first kappa shape index (κ1) is 16.4. The van der Waals surface area contributed by atoms with Gasteiger partial charge in [0.25, 0.3) is 10.0 Å². The zero-order valence-electron chi connectivity index (χ0n) is 13.2.